The van der Waals surface area contributed by atoms with Gasteiger partial charge in [0.15, 0.2) is 0 Å². The van der Waals surface area contributed by atoms with E-state index in [4.69, 9.17) is 4.74 Å². The third kappa shape index (κ3) is 7.01. The summed E-state index contributed by atoms with van der Waals surface area (Å²) in [7, 11) is 1.45. The van der Waals surface area contributed by atoms with Gasteiger partial charge < -0.3 is 9.64 Å². The van der Waals surface area contributed by atoms with Crippen LogP contribution < -0.4 is 0 Å². The van der Waals surface area contributed by atoms with E-state index in [2.05, 4.69) is 4.98 Å². The van der Waals surface area contributed by atoms with E-state index >= 15 is 0 Å². The number of amides is 1. The highest BCUT2D eigenvalue weighted by Crippen LogP contribution is 2.33. The van der Waals surface area contributed by atoms with Crippen molar-refractivity contribution in [3.8, 4) is 11.3 Å². The van der Waals surface area contributed by atoms with Gasteiger partial charge in [-0.1, -0.05) is 13.8 Å². The van der Waals surface area contributed by atoms with Crippen molar-refractivity contribution in [3.63, 3.8) is 0 Å². The molecule has 0 saturated carbocycles. The summed E-state index contributed by atoms with van der Waals surface area (Å²) in [5, 5.41) is 0. The quantitative estimate of drug-likeness (QED) is 0.344. The summed E-state index contributed by atoms with van der Waals surface area (Å²) >= 11 is 0. The summed E-state index contributed by atoms with van der Waals surface area (Å²) < 4.78 is 58.6. The molecule has 0 spiro atoms. The van der Waals surface area contributed by atoms with E-state index in [9.17, 15) is 27.2 Å². The SMILES string of the molecule is CC.Cc1cc(-c2cc(C(C)(C)N(C)C(=O)OC(C)(C)C)cc(C(=O)C(F)(F)F)n2)ccc1F. The monoisotopic (exact) mass is 484 g/mol. The van der Waals surface area contributed by atoms with Gasteiger partial charge in [0.05, 0.1) is 11.2 Å². The second-order valence-electron chi connectivity index (χ2n) is 9.02. The molecule has 0 atom stereocenters. The molecule has 188 valence electrons. The molecule has 1 aromatic carbocycles. The van der Waals surface area contributed by atoms with Gasteiger partial charge in [0.1, 0.15) is 17.1 Å². The number of benzene rings is 1. The summed E-state index contributed by atoms with van der Waals surface area (Å²) in [5.41, 5.74) is -1.91. The van der Waals surface area contributed by atoms with Gasteiger partial charge in [0.25, 0.3) is 5.78 Å². The maximum atomic E-state index is 13.7. The van der Waals surface area contributed by atoms with Gasteiger partial charge in [-0.25, -0.2) is 14.2 Å². The van der Waals surface area contributed by atoms with Gasteiger partial charge in [-0.15, -0.1) is 0 Å². The van der Waals surface area contributed by atoms with Crippen LogP contribution in [0.4, 0.5) is 22.4 Å². The molecule has 2 rings (SSSR count). The molecule has 1 heterocycles. The largest absolute Gasteiger partial charge is 0.456 e. The average molecular weight is 485 g/mol. The first-order valence-electron chi connectivity index (χ1n) is 10.8. The maximum Gasteiger partial charge on any atom is 0.456 e. The number of carbonyl (C=O) groups is 2. The number of aryl methyl sites for hydroxylation is 1. The molecule has 0 unspecified atom stereocenters. The summed E-state index contributed by atoms with van der Waals surface area (Å²) in [6, 6.07) is 6.44. The number of hydrogen-bond acceptors (Lipinski definition) is 4. The highest BCUT2D eigenvalue weighted by molar-refractivity contribution is 5.99. The smallest absolute Gasteiger partial charge is 0.444 e. The van der Waals surface area contributed by atoms with Crippen LogP contribution in [0.25, 0.3) is 11.3 Å². The second kappa shape index (κ2) is 10.5. The number of ether oxygens (including phenoxy) is 1. The molecule has 0 aliphatic carbocycles. The molecule has 0 bridgehead atoms. The zero-order valence-electron chi connectivity index (χ0n) is 21.0. The second-order valence-corrected chi connectivity index (χ2v) is 9.02. The Bertz CT molecular complexity index is 1040. The minimum Gasteiger partial charge on any atom is -0.444 e. The molecular formula is C25H32F4N2O3. The molecule has 2 aromatic rings. The number of carbonyl (C=O) groups excluding carboxylic acids is 2. The first kappa shape index (κ1) is 29.1. The van der Waals surface area contributed by atoms with Crippen LogP contribution in [0, 0.1) is 12.7 Å². The minimum absolute atomic E-state index is 0.0452. The molecule has 1 amide bonds. The zero-order chi connectivity index (χ0) is 26.6. The number of rotatable bonds is 4. The Hall–Kier alpha value is -2.97. The zero-order valence-corrected chi connectivity index (χ0v) is 21.0. The van der Waals surface area contributed by atoms with E-state index < -0.39 is 40.7 Å². The maximum absolute atomic E-state index is 13.7. The molecule has 0 radical (unpaired) electrons. The number of ketones is 1. The summed E-state index contributed by atoms with van der Waals surface area (Å²) in [5.74, 6) is -2.60. The molecular weight excluding hydrogens is 452 g/mol. The van der Waals surface area contributed by atoms with Crippen molar-refractivity contribution in [2.75, 3.05) is 7.05 Å². The van der Waals surface area contributed by atoms with Crippen LogP contribution in [0.2, 0.25) is 0 Å². The molecule has 0 aliphatic rings. The standard InChI is InChI=1S/C23H26F4N2O3.C2H6/c1-13-10-14(8-9-16(13)24)17-11-15(12-18(28-17)19(30)23(25,26)27)22(5,6)29(7)20(31)32-21(2,3)4;1-2/h8-12H,1-7H3;1-2H3. The lowest BCUT2D eigenvalue weighted by atomic mass is 9.90. The molecule has 0 saturated heterocycles. The lowest BCUT2D eigenvalue weighted by Crippen LogP contribution is -2.45. The van der Waals surface area contributed by atoms with Crippen LogP contribution in [0.15, 0.2) is 30.3 Å². The number of aromatic nitrogens is 1. The topological polar surface area (TPSA) is 59.5 Å². The molecule has 0 N–H and O–H groups in total. The number of hydrogen-bond donors (Lipinski definition) is 0. The van der Waals surface area contributed by atoms with Crippen LogP contribution in [-0.2, 0) is 10.3 Å². The van der Waals surface area contributed by atoms with Gasteiger partial charge in [-0.3, -0.25) is 4.79 Å². The average Bonchev–Trinajstić information content (AvgIpc) is 2.73. The third-order valence-corrected chi connectivity index (χ3v) is 4.98. The van der Waals surface area contributed by atoms with Crippen LogP contribution in [0.1, 0.15) is 70.1 Å². The number of nitrogens with zero attached hydrogens (tertiary/aromatic N) is 2. The van der Waals surface area contributed by atoms with Crippen molar-refractivity contribution in [3.05, 3.63) is 53.0 Å². The lowest BCUT2D eigenvalue weighted by Gasteiger charge is -2.37. The Morgan fingerprint density at radius 2 is 1.53 bits per heavy atom. The van der Waals surface area contributed by atoms with Gasteiger partial charge >= 0.3 is 12.3 Å². The van der Waals surface area contributed by atoms with Gasteiger partial charge in [0.2, 0.25) is 0 Å². The van der Waals surface area contributed by atoms with Crippen molar-refractivity contribution in [2.45, 2.75) is 72.7 Å². The Kier molecular flexibility index (Phi) is 9.00. The van der Waals surface area contributed by atoms with Crippen molar-refractivity contribution < 1.29 is 31.9 Å². The molecule has 5 nitrogen and oxygen atoms in total. The molecule has 0 fully saturated rings. The van der Waals surface area contributed by atoms with Crippen molar-refractivity contribution >= 4 is 11.9 Å². The van der Waals surface area contributed by atoms with Crippen LogP contribution in [-0.4, -0.2) is 40.6 Å². The highest BCUT2D eigenvalue weighted by atomic mass is 19.4. The highest BCUT2D eigenvalue weighted by Gasteiger charge is 2.42. The van der Waals surface area contributed by atoms with E-state index in [0.29, 0.717) is 5.56 Å². The third-order valence-electron chi connectivity index (χ3n) is 4.98. The number of alkyl halides is 3. The summed E-state index contributed by atoms with van der Waals surface area (Å²) in [6.45, 7) is 13.8. The predicted molar refractivity (Wildman–Crippen MR) is 123 cm³/mol. The van der Waals surface area contributed by atoms with Crippen molar-refractivity contribution in [1.29, 1.82) is 0 Å². The Morgan fingerprint density at radius 1 is 0.971 bits per heavy atom. The van der Waals surface area contributed by atoms with E-state index in [1.54, 1.807) is 34.6 Å². The van der Waals surface area contributed by atoms with E-state index in [1.165, 1.54) is 43.1 Å². The van der Waals surface area contributed by atoms with Crippen molar-refractivity contribution in [1.82, 2.24) is 9.88 Å². The first-order chi connectivity index (χ1) is 15.4. The number of Topliss-reactive ketones (excluding diaryl/α,β-unsaturated/α-hetero) is 1. The first-order valence-corrected chi connectivity index (χ1v) is 10.8. The molecule has 0 aliphatic heterocycles. The lowest BCUT2D eigenvalue weighted by molar-refractivity contribution is -0.0888. The van der Waals surface area contributed by atoms with Crippen LogP contribution in [0.3, 0.4) is 0 Å². The fourth-order valence-electron chi connectivity index (χ4n) is 2.85. The predicted octanol–water partition coefficient (Wildman–Crippen LogP) is 7.07. The minimum atomic E-state index is -5.14. The Labute approximate surface area is 198 Å². The van der Waals surface area contributed by atoms with Gasteiger partial charge in [-0.05, 0) is 83.0 Å². The Morgan fingerprint density at radius 3 is 2.00 bits per heavy atom. The van der Waals surface area contributed by atoms with Crippen LogP contribution in [0.5, 0.6) is 0 Å². The molecule has 34 heavy (non-hydrogen) atoms. The number of pyridine rings is 1. The van der Waals surface area contributed by atoms with Gasteiger partial charge in [0, 0.05) is 12.6 Å². The van der Waals surface area contributed by atoms with Crippen LogP contribution >= 0.6 is 0 Å². The summed E-state index contributed by atoms with van der Waals surface area (Å²) in [4.78, 5) is 29.7. The molecule has 1 aromatic heterocycles. The van der Waals surface area contributed by atoms with E-state index in [1.807, 2.05) is 13.8 Å². The van der Waals surface area contributed by atoms with Gasteiger partial charge in [-0.2, -0.15) is 13.2 Å². The van der Waals surface area contributed by atoms with E-state index in [-0.39, 0.29) is 16.8 Å². The summed E-state index contributed by atoms with van der Waals surface area (Å²) in [6.07, 6.45) is -5.83. The van der Waals surface area contributed by atoms with E-state index in [0.717, 1.165) is 6.07 Å². The fraction of sp³-hybridized carbons (Fsp3) is 0.480. The normalized spacial score (nSPS) is 11.9. The molecule has 9 heteroatoms. The van der Waals surface area contributed by atoms with Crippen molar-refractivity contribution in [2.24, 2.45) is 0 Å². The Balaban J connectivity index is 0.00000281. The fourth-order valence-corrected chi connectivity index (χ4v) is 2.85. The number of halogens is 4.